The molecule has 1 aromatic heterocycles. The number of Topliss-reactive ketones (excluding diaryl/α,β-unsaturated/α-hetero) is 1. The molecule has 0 aliphatic rings. The quantitative estimate of drug-likeness (QED) is 0.613. The molecule has 0 atom stereocenters. The summed E-state index contributed by atoms with van der Waals surface area (Å²) in [6.45, 7) is 11.3. The van der Waals surface area contributed by atoms with Crippen LogP contribution in [0.5, 0.6) is 0 Å². The molecule has 0 bridgehead atoms. The van der Waals surface area contributed by atoms with Crippen molar-refractivity contribution in [3.05, 3.63) is 17.5 Å². The zero-order chi connectivity index (χ0) is 17.2. The van der Waals surface area contributed by atoms with Gasteiger partial charge in [-0.2, -0.15) is 0 Å². The lowest BCUT2D eigenvalue weighted by Gasteiger charge is -2.11. The predicted octanol–water partition coefficient (Wildman–Crippen LogP) is 4.43. The van der Waals surface area contributed by atoms with Crippen LogP contribution in [-0.4, -0.2) is 22.3 Å². The fraction of sp³-hybridized carbons (Fsp3) is 0.737. The molecule has 1 aromatic rings. The lowest BCUT2D eigenvalue weighted by atomic mass is 10.0. The summed E-state index contributed by atoms with van der Waals surface area (Å²) < 4.78 is 0. The zero-order valence-corrected chi connectivity index (χ0v) is 15.5. The lowest BCUT2D eigenvalue weighted by Crippen LogP contribution is -2.10. The monoisotopic (exact) mass is 319 g/mol. The number of carbonyl (C=O) groups is 1. The Kier molecular flexibility index (Phi) is 8.82. The molecule has 1 heterocycles. The van der Waals surface area contributed by atoms with Crippen molar-refractivity contribution in [2.75, 3.05) is 11.9 Å². The molecule has 0 radical (unpaired) electrons. The molecule has 0 saturated heterocycles. The molecule has 0 saturated carbocycles. The van der Waals surface area contributed by atoms with Crippen LogP contribution in [0.15, 0.2) is 6.07 Å². The van der Waals surface area contributed by atoms with Crippen molar-refractivity contribution in [3.8, 4) is 0 Å². The smallest absolute Gasteiger partial charge is 0.223 e. The summed E-state index contributed by atoms with van der Waals surface area (Å²) in [5.41, 5.74) is 2.25. The molecule has 0 spiro atoms. The van der Waals surface area contributed by atoms with Gasteiger partial charge in [0.15, 0.2) is 0 Å². The van der Waals surface area contributed by atoms with Gasteiger partial charge in [-0.15, -0.1) is 0 Å². The maximum absolute atomic E-state index is 11.0. The molecule has 4 heteroatoms. The van der Waals surface area contributed by atoms with Gasteiger partial charge >= 0.3 is 0 Å². The first-order valence-corrected chi connectivity index (χ1v) is 8.97. The first-order chi connectivity index (χ1) is 10.9. The number of nitrogens with zero attached hydrogens (tertiary/aromatic N) is 2. The SMILES string of the molecule is CC(=O)CCCNc1nc(CCC(C)C)cc(CCC(C)C)n1. The van der Waals surface area contributed by atoms with Gasteiger partial charge in [-0.3, -0.25) is 0 Å². The Morgan fingerprint density at radius 2 is 1.57 bits per heavy atom. The van der Waals surface area contributed by atoms with Gasteiger partial charge in [0, 0.05) is 24.4 Å². The number of ketones is 1. The lowest BCUT2D eigenvalue weighted by molar-refractivity contribution is -0.117. The maximum Gasteiger partial charge on any atom is 0.223 e. The molecule has 1 N–H and O–H groups in total. The van der Waals surface area contributed by atoms with Crippen LogP contribution >= 0.6 is 0 Å². The Labute approximate surface area is 141 Å². The minimum atomic E-state index is 0.232. The van der Waals surface area contributed by atoms with Gasteiger partial charge in [0.2, 0.25) is 5.95 Å². The molecule has 130 valence electrons. The van der Waals surface area contributed by atoms with E-state index in [0.29, 0.717) is 24.2 Å². The van der Waals surface area contributed by atoms with Crippen molar-refractivity contribution in [1.82, 2.24) is 9.97 Å². The predicted molar refractivity (Wildman–Crippen MR) is 96.8 cm³/mol. The number of nitrogens with one attached hydrogen (secondary N) is 1. The molecule has 0 unspecified atom stereocenters. The van der Waals surface area contributed by atoms with Crippen LogP contribution in [0.25, 0.3) is 0 Å². The van der Waals surface area contributed by atoms with E-state index in [2.05, 4.69) is 49.0 Å². The Morgan fingerprint density at radius 3 is 2.00 bits per heavy atom. The van der Waals surface area contributed by atoms with Crippen molar-refractivity contribution >= 4 is 11.7 Å². The summed E-state index contributed by atoms with van der Waals surface area (Å²) >= 11 is 0. The van der Waals surface area contributed by atoms with E-state index in [-0.39, 0.29) is 5.78 Å². The van der Waals surface area contributed by atoms with E-state index in [9.17, 15) is 4.79 Å². The van der Waals surface area contributed by atoms with E-state index < -0.39 is 0 Å². The second-order valence-electron chi connectivity index (χ2n) is 7.27. The highest BCUT2D eigenvalue weighted by Crippen LogP contribution is 2.14. The Morgan fingerprint density at radius 1 is 1.04 bits per heavy atom. The van der Waals surface area contributed by atoms with E-state index >= 15 is 0 Å². The Balaban J connectivity index is 2.70. The highest BCUT2D eigenvalue weighted by atomic mass is 16.1. The van der Waals surface area contributed by atoms with Crippen LogP contribution < -0.4 is 5.32 Å². The first kappa shape index (κ1) is 19.6. The van der Waals surface area contributed by atoms with Crippen molar-refractivity contribution in [3.63, 3.8) is 0 Å². The molecule has 0 amide bonds. The second-order valence-corrected chi connectivity index (χ2v) is 7.27. The molecule has 0 aliphatic heterocycles. The molecule has 4 nitrogen and oxygen atoms in total. The molecular weight excluding hydrogens is 286 g/mol. The minimum Gasteiger partial charge on any atom is -0.354 e. The largest absolute Gasteiger partial charge is 0.354 e. The van der Waals surface area contributed by atoms with Crippen LogP contribution in [0.4, 0.5) is 5.95 Å². The van der Waals surface area contributed by atoms with Crippen LogP contribution in [0, 0.1) is 11.8 Å². The van der Waals surface area contributed by atoms with Crippen molar-refractivity contribution in [1.29, 1.82) is 0 Å². The molecule has 0 aromatic carbocycles. The third-order valence-electron chi connectivity index (χ3n) is 3.78. The Hall–Kier alpha value is -1.45. The summed E-state index contributed by atoms with van der Waals surface area (Å²) in [7, 11) is 0. The normalized spacial score (nSPS) is 11.3. The molecule has 0 aliphatic carbocycles. The number of anilines is 1. The van der Waals surface area contributed by atoms with Gasteiger partial charge in [0.25, 0.3) is 0 Å². The third kappa shape index (κ3) is 9.32. The summed E-state index contributed by atoms with van der Waals surface area (Å²) in [6, 6.07) is 2.16. The average molecular weight is 319 g/mol. The number of aromatic nitrogens is 2. The fourth-order valence-corrected chi connectivity index (χ4v) is 2.30. The Bertz CT molecular complexity index is 453. The van der Waals surface area contributed by atoms with Crippen molar-refractivity contribution in [2.24, 2.45) is 11.8 Å². The number of carbonyl (C=O) groups excluding carboxylic acids is 1. The van der Waals surface area contributed by atoms with E-state index in [1.165, 1.54) is 0 Å². The van der Waals surface area contributed by atoms with Crippen LogP contribution in [0.2, 0.25) is 0 Å². The van der Waals surface area contributed by atoms with Crippen LogP contribution in [-0.2, 0) is 17.6 Å². The van der Waals surface area contributed by atoms with Crippen molar-refractivity contribution < 1.29 is 4.79 Å². The standard InChI is InChI=1S/C19H33N3O/c1-14(2)8-10-17-13-18(11-9-15(3)4)22-19(21-17)20-12-6-7-16(5)23/h13-15H,6-12H2,1-5H3,(H,20,21,22). The van der Waals surface area contributed by atoms with E-state index in [1.54, 1.807) is 6.92 Å². The molecule has 23 heavy (non-hydrogen) atoms. The van der Waals surface area contributed by atoms with E-state index in [4.69, 9.17) is 0 Å². The summed E-state index contributed by atoms with van der Waals surface area (Å²) in [5.74, 6) is 2.30. The zero-order valence-electron chi connectivity index (χ0n) is 15.5. The molecule has 0 fully saturated rings. The maximum atomic E-state index is 11.0. The van der Waals surface area contributed by atoms with E-state index in [1.807, 2.05) is 0 Å². The van der Waals surface area contributed by atoms with Crippen LogP contribution in [0.3, 0.4) is 0 Å². The topological polar surface area (TPSA) is 54.9 Å². The third-order valence-corrected chi connectivity index (χ3v) is 3.78. The van der Waals surface area contributed by atoms with Gasteiger partial charge in [-0.05, 0) is 56.9 Å². The number of hydrogen-bond acceptors (Lipinski definition) is 4. The number of rotatable bonds is 11. The first-order valence-electron chi connectivity index (χ1n) is 8.97. The van der Waals surface area contributed by atoms with Gasteiger partial charge in [0.1, 0.15) is 5.78 Å². The highest BCUT2D eigenvalue weighted by molar-refractivity contribution is 5.75. The summed E-state index contributed by atoms with van der Waals surface area (Å²) in [4.78, 5) is 20.3. The van der Waals surface area contributed by atoms with Gasteiger partial charge in [-0.25, -0.2) is 9.97 Å². The second kappa shape index (κ2) is 10.3. The molecule has 1 rings (SSSR count). The van der Waals surface area contributed by atoms with E-state index in [0.717, 1.165) is 50.0 Å². The van der Waals surface area contributed by atoms with Crippen LogP contribution in [0.1, 0.15) is 71.7 Å². The van der Waals surface area contributed by atoms with Gasteiger partial charge < -0.3 is 10.1 Å². The number of aryl methyl sites for hydroxylation is 2. The number of hydrogen-bond donors (Lipinski definition) is 1. The minimum absolute atomic E-state index is 0.232. The van der Waals surface area contributed by atoms with Crippen molar-refractivity contribution in [2.45, 2.75) is 73.1 Å². The van der Waals surface area contributed by atoms with Gasteiger partial charge in [-0.1, -0.05) is 27.7 Å². The summed E-state index contributed by atoms with van der Waals surface area (Å²) in [5, 5.41) is 3.28. The average Bonchev–Trinajstić information content (AvgIpc) is 2.47. The highest BCUT2D eigenvalue weighted by Gasteiger charge is 2.07. The molecular formula is C19H33N3O. The summed E-state index contributed by atoms with van der Waals surface area (Å²) in [6.07, 6.45) is 5.72. The fourth-order valence-electron chi connectivity index (χ4n) is 2.30. The van der Waals surface area contributed by atoms with Gasteiger partial charge in [0.05, 0.1) is 0 Å².